The van der Waals surface area contributed by atoms with Crippen molar-refractivity contribution in [3.05, 3.63) is 17.5 Å². The van der Waals surface area contributed by atoms with Crippen molar-refractivity contribution >= 4 is 0 Å². The highest BCUT2D eigenvalue weighted by Crippen LogP contribution is 2.29. The predicted molar refractivity (Wildman–Crippen MR) is 74.5 cm³/mol. The molecule has 2 heterocycles. The summed E-state index contributed by atoms with van der Waals surface area (Å²) in [6.07, 6.45) is 2.30. The lowest BCUT2D eigenvalue weighted by Crippen LogP contribution is -2.33. The van der Waals surface area contributed by atoms with Crippen molar-refractivity contribution in [2.75, 3.05) is 26.7 Å². The Kier molecular flexibility index (Phi) is 4.07. The van der Waals surface area contributed by atoms with Gasteiger partial charge in [-0.25, -0.2) is 0 Å². The summed E-state index contributed by atoms with van der Waals surface area (Å²) in [5.41, 5.74) is 2.96. The molecule has 0 aliphatic carbocycles. The zero-order valence-electron chi connectivity index (χ0n) is 12.2. The van der Waals surface area contributed by atoms with Gasteiger partial charge in [0, 0.05) is 26.7 Å². The molecule has 1 aromatic heterocycles. The van der Waals surface area contributed by atoms with Gasteiger partial charge in [0.15, 0.2) is 0 Å². The molecule has 4 heteroatoms. The maximum absolute atomic E-state index is 4.52. The Balaban J connectivity index is 1.96. The van der Waals surface area contributed by atoms with Crippen LogP contribution >= 0.6 is 0 Å². The number of hydrogen-bond donors (Lipinski definition) is 1. The third-order valence-corrected chi connectivity index (χ3v) is 4.02. The van der Waals surface area contributed by atoms with Gasteiger partial charge in [-0.05, 0) is 37.9 Å². The van der Waals surface area contributed by atoms with Crippen LogP contribution in [-0.2, 0) is 20.0 Å². The molecule has 1 fully saturated rings. The van der Waals surface area contributed by atoms with E-state index in [1.54, 1.807) is 0 Å². The van der Waals surface area contributed by atoms with Gasteiger partial charge in [0.1, 0.15) is 0 Å². The molecular weight excluding hydrogens is 224 g/mol. The van der Waals surface area contributed by atoms with Gasteiger partial charge in [-0.2, -0.15) is 5.10 Å². The molecule has 102 valence electrons. The maximum atomic E-state index is 4.52. The van der Waals surface area contributed by atoms with E-state index >= 15 is 0 Å². The lowest BCUT2D eigenvalue weighted by Gasteiger charge is -2.24. The first kappa shape index (κ1) is 13.6. The Bertz CT molecular complexity index is 398. The number of likely N-dealkylation sites (tertiary alicyclic amines) is 1. The molecule has 1 N–H and O–H groups in total. The summed E-state index contributed by atoms with van der Waals surface area (Å²) in [6.45, 7) is 9.05. The van der Waals surface area contributed by atoms with Gasteiger partial charge in [0.05, 0.1) is 11.4 Å². The van der Waals surface area contributed by atoms with E-state index < -0.39 is 0 Å². The molecule has 1 unspecified atom stereocenters. The van der Waals surface area contributed by atoms with Crippen molar-refractivity contribution in [1.82, 2.24) is 20.0 Å². The first-order valence-electron chi connectivity index (χ1n) is 6.95. The normalized spacial score (nSPS) is 24.9. The SMILES string of the molecule is CCc1cc(CN2CCC(C)(CNC)C2)n(C)n1. The molecular formula is C14H26N4. The summed E-state index contributed by atoms with van der Waals surface area (Å²) >= 11 is 0. The molecule has 1 atom stereocenters. The average molecular weight is 250 g/mol. The summed E-state index contributed by atoms with van der Waals surface area (Å²) in [6, 6.07) is 2.24. The molecule has 0 aromatic carbocycles. The van der Waals surface area contributed by atoms with Gasteiger partial charge in [-0.15, -0.1) is 0 Å². The Morgan fingerprint density at radius 1 is 1.50 bits per heavy atom. The third-order valence-electron chi connectivity index (χ3n) is 4.02. The first-order chi connectivity index (χ1) is 8.56. The standard InChI is InChI=1S/C14H26N4/c1-5-12-8-13(17(4)16-12)9-18-7-6-14(2,11-18)10-15-3/h8,15H,5-7,9-11H2,1-4H3. The fourth-order valence-electron chi connectivity index (χ4n) is 2.95. The van der Waals surface area contributed by atoms with Crippen LogP contribution in [0.1, 0.15) is 31.7 Å². The van der Waals surface area contributed by atoms with E-state index in [0.29, 0.717) is 5.41 Å². The molecule has 0 amide bonds. The summed E-state index contributed by atoms with van der Waals surface area (Å²) in [5, 5.41) is 7.84. The lowest BCUT2D eigenvalue weighted by atomic mass is 9.90. The van der Waals surface area contributed by atoms with Crippen LogP contribution in [0, 0.1) is 5.41 Å². The molecule has 18 heavy (non-hydrogen) atoms. The van der Waals surface area contributed by atoms with Crippen molar-refractivity contribution in [2.45, 2.75) is 33.2 Å². The maximum Gasteiger partial charge on any atom is 0.0625 e. The number of rotatable bonds is 5. The Labute approximate surface area is 110 Å². The predicted octanol–water partition coefficient (Wildman–Crippen LogP) is 1.41. The molecule has 2 rings (SSSR count). The van der Waals surface area contributed by atoms with E-state index in [-0.39, 0.29) is 0 Å². The Hall–Kier alpha value is -0.870. The van der Waals surface area contributed by atoms with Crippen molar-refractivity contribution in [3.8, 4) is 0 Å². The number of aromatic nitrogens is 2. The average Bonchev–Trinajstić information content (AvgIpc) is 2.85. The minimum atomic E-state index is 0.431. The van der Waals surface area contributed by atoms with E-state index in [9.17, 15) is 0 Å². The van der Waals surface area contributed by atoms with Crippen molar-refractivity contribution in [1.29, 1.82) is 0 Å². The Morgan fingerprint density at radius 2 is 2.28 bits per heavy atom. The fraction of sp³-hybridized carbons (Fsp3) is 0.786. The number of nitrogens with one attached hydrogen (secondary N) is 1. The van der Waals surface area contributed by atoms with Crippen LogP contribution in [-0.4, -0.2) is 41.4 Å². The molecule has 0 bridgehead atoms. The van der Waals surface area contributed by atoms with E-state index in [0.717, 1.165) is 19.5 Å². The van der Waals surface area contributed by atoms with Crippen LogP contribution in [0.15, 0.2) is 6.07 Å². The number of aryl methyl sites for hydroxylation is 2. The molecule has 4 nitrogen and oxygen atoms in total. The molecule has 1 saturated heterocycles. The molecule has 1 aliphatic rings. The molecule has 1 aromatic rings. The second-order valence-corrected chi connectivity index (χ2v) is 5.91. The highest BCUT2D eigenvalue weighted by molar-refractivity contribution is 5.10. The Morgan fingerprint density at radius 3 is 2.89 bits per heavy atom. The molecule has 1 aliphatic heterocycles. The van der Waals surface area contributed by atoms with Gasteiger partial charge in [0.25, 0.3) is 0 Å². The smallest absolute Gasteiger partial charge is 0.0625 e. The quantitative estimate of drug-likeness (QED) is 0.858. The van der Waals surface area contributed by atoms with Crippen LogP contribution in [0.2, 0.25) is 0 Å². The molecule has 0 radical (unpaired) electrons. The molecule has 0 spiro atoms. The third kappa shape index (κ3) is 2.93. The van der Waals surface area contributed by atoms with Gasteiger partial charge in [0.2, 0.25) is 0 Å². The highest BCUT2D eigenvalue weighted by atomic mass is 15.3. The summed E-state index contributed by atoms with van der Waals surface area (Å²) in [5.74, 6) is 0. The molecule has 0 saturated carbocycles. The summed E-state index contributed by atoms with van der Waals surface area (Å²) in [7, 11) is 4.10. The minimum absolute atomic E-state index is 0.431. The first-order valence-corrected chi connectivity index (χ1v) is 6.95. The van der Waals surface area contributed by atoms with E-state index in [1.165, 1.54) is 30.9 Å². The zero-order chi connectivity index (χ0) is 13.2. The van der Waals surface area contributed by atoms with Crippen molar-refractivity contribution in [2.24, 2.45) is 12.5 Å². The van der Waals surface area contributed by atoms with E-state index in [2.05, 4.69) is 42.3 Å². The number of nitrogens with zero attached hydrogens (tertiary/aromatic N) is 3. The largest absolute Gasteiger partial charge is 0.319 e. The topological polar surface area (TPSA) is 33.1 Å². The van der Waals surface area contributed by atoms with E-state index in [1.807, 2.05) is 11.7 Å². The van der Waals surface area contributed by atoms with Crippen LogP contribution in [0.25, 0.3) is 0 Å². The summed E-state index contributed by atoms with van der Waals surface area (Å²) in [4.78, 5) is 2.55. The van der Waals surface area contributed by atoms with Crippen LogP contribution in [0.5, 0.6) is 0 Å². The van der Waals surface area contributed by atoms with Gasteiger partial charge >= 0.3 is 0 Å². The van der Waals surface area contributed by atoms with Crippen LogP contribution in [0.4, 0.5) is 0 Å². The van der Waals surface area contributed by atoms with Gasteiger partial charge in [-0.1, -0.05) is 13.8 Å². The van der Waals surface area contributed by atoms with E-state index in [4.69, 9.17) is 0 Å². The van der Waals surface area contributed by atoms with Gasteiger partial charge in [-0.3, -0.25) is 9.58 Å². The van der Waals surface area contributed by atoms with Crippen molar-refractivity contribution < 1.29 is 0 Å². The summed E-state index contributed by atoms with van der Waals surface area (Å²) < 4.78 is 2.03. The minimum Gasteiger partial charge on any atom is -0.319 e. The van der Waals surface area contributed by atoms with Gasteiger partial charge < -0.3 is 5.32 Å². The highest BCUT2D eigenvalue weighted by Gasteiger charge is 2.33. The van der Waals surface area contributed by atoms with Crippen molar-refractivity contribution in [3.63, 3.8) is 0 Å². The lowest BCUT2D eigenvalue weighted by molar-refractivity contribution is 0.260. The second kappa shape index (κ2) is 5.41. The fourth-order valence-corrected chi connectivity index (χ4v) is 2.95. The zero-order valence-corrected chi connectivity index (χ0v) is 12.2. The number of hydrogen-bond acceptors (Lipinski definition) is 3. The monoisotopic (exact) mass is 250 g/mol. The van der Waals surface area contributed by atoms with Crippen LogP contribution < -0.4 is 5.32 Å². The van der Waals surface area contributed by atoms with Crippen LogP contribution in [0.3, 0.4) is 0 Å². The second-order valence-electron chi connectivity index (χ2n) is 5.91.